The van der Waals surface area contributed by atoms with E-state index < -0.39 is 34.2 Å². The Labute approximate surface area is 184 Å². The van der Waals surface area contributed by atoms with Gasteiger partial charge >= 0.3 is 5.69 Å². The van der Waals surface area contributed by atoms with Crippen molar-refractivity contribution in [2.24, 2.45) is 5.92 Å². The third kappa shape index (κ3) is 5.63. The fraction of sp³-hybridized carbons (Fsp3) is 0.250. The van der Waals surface area contributed by atoms with Gasteiger partial charge in [-0.1, -0.05) is 15.9 Å². The molecule has 11 heteroatoms. The number of carbonyl (C=O) groups excluding carboxylic acids is 3. The Hall–Kier alpha value is -3.34. The van der Waals surface area contributed by atoms with Gasteiger partial charge in [0.05, 0.1) is 16.5 Å². The Morgan fingerprint density at radius 3 is 2.61 bits per heavy atom. The molecule has 0 aromatic heterocycles. The summed E-state index contributed by atoms with van der Waals surface area (Å²) in [6.45, 7) is 0.104. The van der Waals surface area contributed by atoms with Crippen LogP contribution in [0.1, 0.15) is 12.8 Å². The number of nitro groups is 1. The first kappa shape index (κ1) is 22.3. The molecule has 3 amide bonds. The molecule has 1 atom stereocenters. The van der Waals surface area contributed by atoms with Crippen LogP contribution >= 0.6 is 15.9 Å². The molecule has 1 aliphatic rings. The molecule has 2 N–H and O–H groups in total. The van der Waals surface area contributed by atoms with Gasteiger partial charge < -0.3 is 15.5 Å². The molecule has 1 fully saturated rings. The van der Waals surface area contributed by atoms with Crippen LogP contribution in [0.15, 0.2) is 46.9 Å². The monoisotopic (exact) mass is 492 g/mol. The summed E-state index contributed by atoms with van der Waals surface area (Å²) in [6, 6.07) is 10.2. The largest absolute Gasteiger partial charge is 0.355 e. The molecule has 31 heavy (non-hydrogen) atoms. The van der Waals surface area contributed by atoms with E-state index in [-0.39, 0.29) is 37.5 Å². The Balaban J connectivity index is 1.51. The first-order valence-corrected chi connectivity index (χ1v) is 10.1. The average Bonchev–Trinajstić information content (AvgIpc) is 3.11. The van der Waals surface area contributed by atoms with Gasteiger partial charge in [0.2, 0.25) is 23.5 Å². The van der Waals surface area contributed by atoms with Crippen LogP contribution in [0.25, 0.3) is 0 Å². The molecule has 1 unspecified atom stereocenters. The summed E-state index contributed by atoms with van der Waals surface area (Å²) in [4.78, 5) is 47.9. The molecule has 1 aliphatic heterocycles. The number of amides is 3. The zero-order valence-corrected chi connectivity index (χ0v) is 17.7. The van der Waals surface area contributed by atoms with Crippen LogP contribution in [0.3, 0.4) is 0 Å². The highest BCUT2D eigenvalue weighted by Crippen LogP contribution is 2.29. The molecule has 3 rings (SSSR count). The van der Waals surface area contributed by atoms with Crippen molar-refractivity contribution in [3.8, 4) is 0 Å². The fourth-order valence-electron chi connectivity index (χ4n) is 3.14. The van der Waals surface area contributed by atoms with Crippen LogP contribution < -0.4 is 15.5 Å². The second-order valence-corrected chi connectivity index (χ2v) is 7.81. The lowest BCUT2D eigenvalue weighted by atomic mass is 10.1. The molecule has 2 aromatic carbocycles. The molecule has 9 nitrogen and oxygen atoms in total. The summed E-state index contributed by atoms with van der Waals surface area (Å²) >= 11 is 3.30. The van der Waals surface area contributed by atoms with Crippen LogP contribution in [0.2, 0.25) is 0 Å². The molecule has 0 spiro atoms. The summed E-state index contributed by atoms with van der Waals surface area (Å²) in [6.07, 6.45) is -0.0293. The van der Waals surface area contributed by atoms with Crippen molar-refractivity contribution in [1.82, 2.24) is 5.32 Å². The summed E-state index contributed by atoms with van der Waals surface area (Å²) in [7, 11) is 0. The second kappa shape index (κ2) is 9.65. The number of nitrogens with zero attached hydrogens (tertiary/aromatic N) is 2. The summed E-state index contributed by atoms with van der Waals surface area (Å²) in [5.41, 5.74) is 0.0437. The van der Waals surface area contributed by atoms with Crippen molar-refractivity contribution in [3.63, 3.8) is 0 Å². The molecule has 2 aromatic rings. The number of anilines is 2. The van der Waals surface area contributed by atoms with Gasteiger partial charge in [-0.15, -0.1) is 0 Å². The van der Waals surface area contributed by atoms with Crippen molar-refractivity contribution in [1.29, 1.82) is 0 Å². The zero-order chi connectivity index (χ0) is 22.5. The maximum atomic E-state index is 13.5. The maximum Gasteiger partial charge on any atom is 0.306 e. The van der Waals surface area contributed by atoms with Crippen LogP contribution in [0.4, 0.5) is 21.5 Å². The lowest BCUT2D eigenvalue weighted by Crippen LogP contribution is -2.34. The standard InChI is InChI=1S/C20H18BrFN4O5/c21-13-1-3-14(4-2-13)24-18(27)7-8-23-20(29)12-9-19(28)25(11-12)15-5-6-16(22)17(10-15)26(30)31/h1-6,10,12H,7-9,11H2,(H,23,29)(H,24,27). The van der Waals surface area contributed by atoms with Gasteiger partial charge in [0.15, 0.2) is 0 Å². The Morgan fingerprint density at radius 1 is 1.23 bits per heavy atom. The number of halogens is 2. The van der Waals surface area contributed by atoms with Gasteiger partial charge in [0.1, 0.15) is 0 Å². The number of nitro benzene ring substituents is 1. The normalized spacial score (nSPS) is 15.6. The topological polar surface area (TPSA) is 122 Å². The van der Waals surface area contributed by atoms with Crippen LogP contribution in [0, 0.1) is 21.8 Å². The van der Waals surface area contributed by atoms with Crippen LogP contribution in [-0.4, -0.2) is 35.7 Å². The van der Waals surface area contributed by atoms with Gasteiger partial charge in [0, 0.05) is 42.2 Å². The lowest BCUT2D eigenvalue weighted by Gasteiger charge is -2.16. The van der Waals surface area contributed by atoms with Gasteiger partial charge in [-0.25, -0.2) is 0 Å². The number of nitrogens with one attached hydrogen (secondary N) is 2. The Morgan fingerprint density at radius 2 is 1.94 bits per heavy atom. The first-order valence-electron chi connectivity index (χ1n) is 9.32. The Kier molecular flexibility index (Phi) is 6.95. The maximum absolute atomic E-state index is 13.5. The average molecular weight is 493 g/mol. The summed E-state index contributed by atoms with van der Waals surface area (Å²) in [5, 5.41) is 16.2. The van der Waals surface area contributed by atoms with Gasteiger partial charge in [-0.3, -0.25) is 24.5 Å². The highest BCUT2D eigenvalue weighted by atomic mass is 79.9. The third-order valence-electron chi connectivity index (χ3n) is 4.71. The molecule has 1 saturated heterocycles. The molecule has 0 bridgehead atoms. The number of carbonyl (C=O) groups is 3. The van der Waals surface area contributed by atoms with Gasteiger partial charge in [-0.05, 0) is 36.4 Å². The van der Waals surface area contributed by atoms with E-state index in [1.807, 2.05) is 0 Å². The second-order valence-electron chi connectivity index (χ2n) is 6.89. The van der Waals surface area contributed by atoms with Gasteiger partial charge in [-0.2, -0.15) is 4.39 Å². The predicted octanol–water partition coefficient (Wildman–Crippen LogP) is 2.99. The fourth-order valence-corrected chi connectivity index (χ4v) is 3.41. The smallest absolute Gasteiger partial charge is 0.306 e. The zero-order valence-electron chi connectivity index (χ0n) is 16.1. The van der Waals surface area contributed by atoms with Crippen molar-refractivity contribution in [2.45, 2.75) is 12.8 Å². The van der Waals surface area contributed by atoms with Crippen molar-refractivity contribution >= 4 is 50.7 Å². The number of hydrogen-bond acceptors (Lipinski definition) is 5. The number of rotatable bonds is 7. The molecule has 0 radical (unpaired) electrons. The molecule has 162 valence electrons. The minimum atomic E-state index is -1.00. The molecule has 0 saturated carbocycles. The molecule has 0 aliphatic carbocycles. The van der Waals surface area contributed by atoms with Crippen molar-refractivity contribution in [3.05, 3.63) is 62.9 Å². The Bertz CT molecular complexity index is 1030. The summed E-state index contributed by atoms with van der Waals surface area (Å²) in [5.74, 6) is -2.74. The minimum Gasteiger partial charge on any atom is -0.355 e. The van der Waals surface area contributed by atoms with Gasteiger partial charge in [0.25, 0.3) is 0 Å². The summed E-state index contributed by atoms with van der Waals surface area (Å²) < 4.78 is 14.4. The van der Waals surface area contributed by atoms with Crippen LogP contribution in [-0.2, 0) is 14.4 Å². The quantitative estimate of drug-likeness (QED) is 0.454. The van der Waals surface area contributed by atoms with E-state index in [0.29, 0.717) is 5.69 Å². The van der Waals surface area contributed by atoms with Crippen LogP contribution in [0.5, 0.6) is 0 Å². The molecular weight excluding hydrogens is 475 g/mol. The number of benzene rings is 2. The highest BCUT2D eigenvalue weighted by Gasteiger charge is 2.35. The van der Waals surface area contributed by atoms with E-state index in [1.54, 1.807) is 24.3 Å². The SMILES string of the molecule is O=C(CCNC(=O)C1CC(=O)N(c2ccc(F)c([N+](=O)[O-])c2)C1)Nc1ccc(Br)cc1. The van der Waals surface area contributed by atoms with Crippen molar-refractivity contribution < 1.29 is 23.7 Å². The van der Waals surface area contributed by atoms with E-state index in [2.05, 4.69) is 26.6 Å². The third-order valence-corrected chi connectivity index (χ3v) is 5.24. The molecular formula is C20H18BrFN4O5. The van der Waals surface area contributed by atoms with E-state index >= 15 is 0 Å². The van der Waals surface area contributed by atoms with E-state index in [9.17, 15) is 28.9 Å². The lowest BCUT2D eigenvalue weighted by molar-refractivity contribution is -0.387. The van der Waals surface area contributed by atoms with E-state index in [1.165, 1.54) is 11.0 Å². The number of hydrogen-bond donors (Lipinski definition) is 2. The van der Waals surface area contributed by atoms with Crippen molar-refractivity contribution in [2.75, 3.05) is 23.3 Å². The minimum absolute atomic E-state index is 0.0124. The van der Waals surface area contributed by atoms with E-state index in [4.69, 9.17) is 0 Å². The molecule has 1 heterocycles. The first-order chi connectivity index (χ1) is 14.7. The highest BCUT2D eigenvalue weighted by molar-refractivity contribution is 9.10. The van der Waals surface area contributed by atoms with E-state index in [0.717, 1.165) is 16.6 Å². The predicted molar refractivity (Wildman–Crippen MR) is 114 cm³/mol.